The molecule has 0 bridgehead atoms. The number of carbonyl (C=O) groups excluding carboxylic acids is 1. The van der Waals surface area contributed by atoms with Crippen LogP contribution in [-0.2, 0) is 13.0 Å². The predicted molar refractivity (Wildman–Crippen MR) is 221 cm³/mol. The maximum Gasteiger partial charge on any atom is 0.227 e. The van der Waals surface area contributed by atoms with Crippen LogP contribution in [0.25, 0.3) is 10.8 Å². The minimum Gasteiger partial charge on any atom is -0.287 e. The first-order chi connectivity index (χ1) is 34.0. The molecule has 0 aliphatic rings. The first-order valence-corrected chi connectivity index (χ1v) is 21.2. The topological polar surface area (TPSA) is 20.9 Å². The molecule has 7 rings (SSSR count). The second kappa shape index (κ2) is 21.8. The fraction of sp³-hybridized carbons (Fsp3) is 0.184. The fourth-order valence-corrected chi connectivity index (χ4v) is 8.56. The van der Waals surface area contributed by atoms with Gasteiger partial charge in [0.2, 0.25) is 12.3 Å². The van der Waals surface area contributed by atoms with Crippen LogP contribution in [-0.4, -0.2) is 11.9 Å². The fourth-order valence-electron chi connectivity index (χ4n) is 8.56. The summed E-state index contributed by atoms with van der Waals surface area (Å²) in [6, 6.07) is 20.2. The van der Waals surface area contributed by atoms with Crippen LogP contribution in [0.15, 0.2) is 66.9 Å². The van der Waals surface area contributed by atoms with Gasteiger partial charge in [-0.05, 0) is 17.9 Å². The molecule has 0 spiro atoms. The maximum absolute atomic E-state index is 15.4. The number of pyridine rings is 1. The van der Waals surface area contributed by atoms with Gasteiger partial charge in [0.25, 0.3) is 0 Å². The van der Waals surface area contributed by atoms with Crippen LogP contribution in [0.3, 0.4) is 0 Å². The number of benzene rings is 6. The van der Waals surface area contributed by atoms with Gasteiger partial charge in [0.1, 0.15) is 52.7 Å². The van der Waals surface area contributed by atoms with Crippen LogP contribution in [0.4, 0.5) is 87.8 Å². The van der Waals surface area contributed by atoms with E-state index < -0.39 is 144 Å². The van der Waals surface area contributed by atoms with E-state index in [0.29, 0.717) is 6.54 Å². The second-order valence-electron chi connectivity index (χ2n) is 16.1. The summed E-state index contributed by atoms with van der Waals surface area (Å²) in [6.07, 6.45) is 3.58. The predicted octanol–water partition coefficient (Wildman–Crippen LogP) is 11.8. The number of rotatable bonds is 14. The molecule has 23 heteroatoms. The van der Waals surface area contributed by atoms with E-state index in [0.717, 1.165) is 12.0 Å². The lowest BCUT2D eigenvalue weighted by atomic mass is 9.12. The van der Waals surface area contributed by atoms with Crippen molar-refractivity contribution in [1.82, 2.24) is 0 Å². The lowest BCUT2D eigenvalue weighted by molar-refractivity contribution is -0.689. The molecule has 0 saturated heterocycles. The normalized spacial score (nSPS) is 11.6. The van der Waals surface area contributed by atoms with Gasteiger partial charge in [0.05, 0.1) is 0 Å². The van der Waals surface area contributed by atoms with E-state index in [1.165, 1.54) is 55.0 Å². The van der Waals surface area contributed by atoms with E-state index in [2.05, 4.69) is 48.0 Å². The van der Waals surface area contributed by atoms with Crippen molar-refractivity contribution in [2.45, 2.75) is 58.4 Å². The monoisotopic (exact) mass is 1040 g/mol. The van der Waals surface area contributed by atoms with Crippen molar-refractivity contribution in [2.24, 2.45) is 0 Å². The highest BCUT2D eigenvalue weighted by molar-refractivity contribution is 7.20. The SMILES string of the molecule is CCCCCCCCc1c2ccccc2cc[n+]1CC(=O)c1ccccc1.Fc1c(F)c(F)c([B-](c2c(F)c(F)c(F)c(F)c2F)(c2c(F)c(F)c(F)c(F)c2F)c2c(F)c(F)c(F)c(F)c2F)c(F)c1F. The molecule has 380 valence electrons. The minimum absolute atomic E-state index is 0.167. The molecule has 0 aliphatic carbocycles. The molecule has 0 N–H and O–H groups in total. The van der Waals surface area contributed by atoms with Gasteiger partial charge in [-0.15, -0.1) is 21.9 Å². The number of halogens is 20. The van der Waals surface area contributed by atoms with E-state index >= 15 is 35.1 Å². The summed E-state index contributed by atoms with van der Waals surface area (Å²) in [5, 5.41) is 2.52. The number of nitrogens with zero attached hydrogens (tertiary/aromatic N) is 1. The van der Waals surface area contributed by atoms with Gasteiger partial charge in [0, 0.05) is 23.4 Å². The van der Waals surface area contributed by atoms with Gasteiger partial charge in [0.15, 0.2) is 81.7 Å². The van der Waals surface area contributed by atoms with Crippen LogP contribution in [0.5, 0.6) is 0 Å². The van der Waals surface area contributed by atoms with Gasteiger partial charge in [-0.2, -0.15) is 4.57 Å². The molecule has 0 atom stereocenters. The zero-order chi connectivity index (χ0) is 53.3. The van der Waals surface area contributed by atoms with Crippen molar-refractivity contribution in [3.05, 3.63) is 194 Å². The summed E-state index contributed by atoms with van der Waals surface area (Å²) < 4.78 is 296. The molecular formula is C49H30BF20NO. The lowest BCUT2D eigenvalue weighted by Crippen LogP contribution is -2.81. The van der Waals surface area contributed by atoms with Crippen molar-refractivity contribution < 1.29 is 97.2 Å². The second-order valence-corrected chi connectivity index (χ2v) is 16.1. The third-order valence-electron chi connectivity index (χ3n) is 11.9. The molecule has 1 heterocycles. The largest absolute Gasteiger partial charge is 0.287 e. The minimum atomic E-state index is -7.22. The summed E-state index contributed by atoms with van der Waals surface area (Å²) in [7, 11) is 0. The van der Waals surface area contributed by atoms with Gasteiger partial charge < -0.3 is 0 Å². The molecule has 0 unspecified atom stereocenters. The maximum atomic E-state index is 15.4. The lowest BCUT2D eigenvalue weighted by Gasteiger charge is -2.44. The Morgan fingerprint density at radius 1 is 0.389 bits per heavy atom. The van der Waals surface area contributed by atoms with E-state index in [-0.39, 0.29) is 5.78 Å². The summed E-state index contributed by atoms with van der Waals surface area (Å²) in [5.74, 6) is -71.2. The average molecular weight is 1040 g/mol. The number of unbranched alkanes of at least 4 members (excludes halogenated alkanes) is 5. The van der Waals surface area contributed by atoms with Crippen LogP contribution in [0.2, 0.25) is 0 Å². The molecule has 2 nitrogen and oxygen atoms in total. The highest BCUT2D eigenvalue weighted by Gasteiger charge is 2.52. The summed E-state index contributed by atoms with van der Waals surface area (Å²) >= 11 is 0. The van der Waals surface area contributed by atoms with Gasteiger partial charge in [-0.1, -0.05) is 87.6 Å². The number of fused-ring (bicyclic) bond motifs is 1. The van der Waals surface area contributed by atoms with Gasteiger partial charge in [-0.3, -0.25) is 4.79 Å². The Bertz CT molecular complexity index is 2860. The molecule has 0 aliphatic heterocycles. The molecule has 0 amide bonds. The van der Waals surface area contributed by atoms with E-state index in [9.17, 15) is 57.5 Å². The van der Waals surface area contributed by atoms with E-state index in [1.807, 2.05) is 30.3 Å². The number of hydrogen-bond donors (Lipinski definition) is 0. The number of ketones is 1. The number of Topliss-reactive ketones (excluding diaryl/α,β-unsaturated/α-hetero) is 1. The van der Waals surface area contributed by atoms with Crippen molar-refractivity contribution in [3.8, 4) is 0 Å². The Morgan fingerprint density at radius 2 is 0.708 bits per heavy atom. The van der Waals surface area contributed by atoms with Gasteiger partial charge >= 0.3 is 0 Å². The average Bonchev–Trinajstić information content (AvgIpc) is 3.38. The summed E-state index contributed by atoms with van der Waals surface area (Å²) in [5.41, 5.74) is -12.3. The zero-order valence-corrected chi connectivity index (χ0v) is 36.5. The van der Waals surface area contributed by atoms with Crippen LogP contribution in [0, 0.1) is 116 Å². The molecule has 6 aromatic carbocycles. The Hall–Kier alpha value is -6.94. The smallest absolute Gasteiger partial charge is 0.227 e. The highest BCUT2D eigenvalue weighted by Crippen LogP contribution is 2.31. The van der Waals surface area contributed by atoms with E-state index in [1.54, 1.807) is 0 Å². The van der Waals surface area contributed by atoms with Crippen molar-refractivity contribution >= 4 is 44.6 Å². The van der Waals surface area contributed by atoms with Crippen LogP contribution < -0.4 is 26.4 Å². The summed E-state index contributed by atoms with van der Waals surface area (Å²) in [4.78, 5) is 12.7. The number of hydrogen-bond acceptors (Lipinski definition) is 1. The quantitative estimate of drug-likeness (QED) is 0.0202. The van der Waals surface area contributed by atoms with Crippen LogP contribution in [0.1, 0.15) is 61.5 Å². The van der Waals surface area contributed by atoms with Crippen molar-refractivity contribution in [2.75, 3.05) is 0 Å². The summed E-state index contributed by atoms with van der Waals surface area (Å²) in [6.45, 7) is 2.66. The Labute approximate surface area is 394 Å². The van der Waals surface area contributed by atoms with Crippen molar-refractivity contribution in [1.29, 1.82) is 0 Å². The third kappa shape index (κ3) is 9.36. The number of carbonyl (C=O) groups is 1. The molecular weight excluding hydrogens is 1010 g/mol. The number of aromatic nitrogens is 1. The molecule has 0 saturated carbocycles. The molecule has 0 fully saturated rings. The standard InChI is InChI=1S/C25H30NO.C24BF20/c1-2-3-4-5-6-10-17-24-23-16-12-11-13-21(23)18-19-26(24)20-25(27)22-14-8-7-9-15-22;26-5-1(6(27)14(35)21(42)13(5)34)25(2-7(28)15(36)22(43)16(37)8(2)29,3-9(30)17(38)23(44)18(39)10(3)31)4-11(32)19(40)24(45)20(41)12(4)33/h7-9,11-16,18-19H,2-6,10,17,20H2,1H3;/q+1;-1. The highest BCUT2D eigenvalue weighted by atomic mass is 19.2. The molecule has 0 radical (unpaired) electrons. The first-order valence-electron chi connectivity index (χ1n) is 21.2. The van der Waals surface area contributed by atoms with Crippen molar-refractivity contribution in [3.63, 3.8) is 0 Å². The van der Waals surface area contributed by atoms with Gasteiger partial charge in [-0.25, -0.2) is 87.8 Å². The first kappa shape index (κ1) is 54.4. The third-order valence-corrected chi connectivity index (χ3v) is 11.9. The Balaban J connectivity index is 0.000000266. The molecule has 7 aromatic rings. The van der Waals surface area contributed by atoms with Crippen LogP contribution >= 0.6 is 0 Å². The molecule has 72 heavy (non-hydrogen) atoms. The van der Waals surface area contributed by atoms with E-state index in [4.69, 9.17) is 0 Å². The Kier molecular flexibility index (Phi) is 16.5. The zero-order valence-electron chi connectivity index (χ0n) is 36.5. The molecule has 1 aromatic heterocycles. The number of aryl methyl sites for hydroxylation is 1. The Morgan fingerprint density at radius 3 is 1.08 bits per heavy atom.